The number of halogens is 2. The second-order valence-corrected chi connectivity index (χ2v) is 6.32. The Bertz CT molecular complexity index is 582. The maximum Gasteiger partial charge on any atom is 0.245 e. The minimum atomic E-state index is -0.983. The van der Waals surface area contributed by atoms with Crippen molar-refractivity contribution in [2.75, 3.05) is 0 Å². The van der Waals surface area contributed by atoms with Crippen molar-refractivity contribution in [1.82, 2.24) is 15.2 Å². The molecule has 1 fully saturated rings. The molecule has 1 aromatic heterocycles. The van der Waals surface area contributed by atoms with Crippen LogP contribution in [0.5, 0.6) is 0 Å². The molecule has 1 aliphatic rings. The van der Waals surface area contributed by atoms with Gasteiger partial charge in [-0.1, -0.05) is 23.2 Å². The van der Waals surface area contributed by atoms with E-state index in [0.717, 1.165) is 18.5 Å². The lowest BCUT2D eigenvalue weighted by Crippen LogP contribution is -2.52. The molecule has 0 spiro atoms. The molecule has 0 aliphatic heterocycles. The molecular formula is C14H19Cl2N3O3. The van der Waals surface area contributed by atoms with Crippen LogP contribution in [0, 0.1) is 5.92 Å². The van der Waals surface area contributed by atoms with Gasteiger partial charge in [0, 0.05) is 18.7 Å². The predicted molar refractivity (Wildman–Crippen MR) is 83.6 cm³/mol. The van der Waals surface area contributed by atoms with Gasteiger partial charge in [-0.3, -0.25) is 9.59 Å². The first kappa shape index (κ1) is 17.1. The lowest BCUT2D eigenvalue weighted by atomic mass is 10.1. The van der Waals surface area contributed by atoms with E-state index in [1.807, 2.05) is 0 Å². The number of carbonyl (C=O) groups is 2. The molecule has 1 aliphatic carbocycles. The van der Waals surface area contributed by atoms with E-state index >= 15 is 0 Å². The highest BCUT2D eigenvalue weighted by atomic mass is 35.5. The minimum absolute atomic E-state index is 0.0282. The Kier molecular flexibility index (Phi) is 5.36. The van der Waals surface area contributed by atoms with Crippen molar-refractivity contribution in [2.24, 2.45) is 13.0 Å². The van der Waals surface area contributed by atoms with Crippen LogP contribution in [-0.2, 0) is 23.2 Å². The summed E-state index contributed by atoms with van der Waals surface area (Å²) in [5.74, 6) is -0.664. The zero-order valence-electron chi connectivity index (χ0n) is 12.4. The molecular weight excluding hydrogens is 329 g/mol. The Hall–Kier alpha value is -1.24. The van der Waals surface area contributed by atoms with Gasteiger partial charge < -0.3 is 20.3 Å². The van der Waals surface area contributed by atoms with E-state index < -0.39 is 18.1 Å². The molecule has 8 heteroatoms. The maximum atomic E-state index is 12.2. The van der Waals surface area contributed by atoms with E-state index in [1.165, 1.54) is 6.92 Å². The van der Waals surface area contributed by atoms with Gasteiger partial charge in [0.1, 0.15) is 11.2 Å². The number of rotatable bonds is 6. The topological polar surface area (TPSA) is 83.4 Å². The number of amides is 2. The number of aliphatic hydroxyl groups excluding tert-OH is 1. The molecule has 1 heterocycles. The first-order valence-corrected chi connectivity index (χ1v) is 7.82. The highest BCUT2D eigenvalue weighted by Crippen LogP contribution is 2.29. The van der Waals surface area contributed by atoms with Crippen LogP contribution >= 0.6 is 23.2 Å². The molecule has 22 heavy (non-hydrogen) atoms. The van der Waals surface area contributed by atoms with E-state index in [0.29, 0.717) is 10.2 Å². The average molecular weight is 348 g/mol. The van der Waals surface area contributed by atoms with Crippen LogP contribution in [0.3, 0.4) is 0 Å². The molecule has 2 atom stereocenters. The lowest BCUT2D eigenvalue weighted by molar-refractivity contribution is -0.132. The van der Waals surface area contributed by atoms with Crippen molar-refractivity contribution in [3.8, 4) is 0 Å². The van der Waals surface area contributed by atoms with Crippen molar-refractivity contribution < 1.29 is 14.7 Å². The van der Waals surface area contributed by atoms with Crippen LogP contribution in [0.25, 0.3) is 0 Å². The van der Waals surface area contributed by atoms with Crippen molar-refractivity contribution in [1.29, 1.82) is 0 Å². The van der Waals surface area contributed by atoms with E-state index in [2.05, 4.69) is 10.6 Å². The third-order valence-corrected chi connectivity index (χ3v) is 4.51. The minimum Gasteiger partial charge on any atom is -0.391 e. The van der Waals surface area contributed by atoms with Gasteiger partial charge in [-0.2, -0.15) is 0 Å². The molecule has 0 radical (unpaired) electrons. The van der Waals surface area contributed by atoms with E-state index in [4.69, 9.17) is 23.2 Å². The number of nitrogens with zero attached hydrogens (tertiary/aromatic N) is 1. The highest BCUT2D eigenvalue weighted by Gasteiger charge is 2.34. The van der Waals surface area contributed by atoms with Gasteiger partial charge in [0.15, 0.2) is 0 Å². The predicted octanol–water partition coefficient (Wildman–Crippen LogP) is 1.22. The molecule has 1 aromatic rings. The summed E-state index contributed by atoms with van der Waals surface area (Å²) in [5.41, 5.74) is 0.723. The third kappa shape index (κ3) is 3.94. The normalized spacial score (nSPS) is 17.0. The first-order chi connectivity index (χ1) is 10.3. The molecule has 0 bridgehead atoms. The monoisotopic (exact) mass is 347 g/mol. The van der Waals surface area contributed by atoms with Gasteiger partial charge in [-0.25, -0.2) is 0 Å². The maximum absolute atomic E-state index is 12.2. The van der Waals surface area contributed by atoms with Crippen LogP contribution in [0.15, 0.2) is 6.07 Å². The van der Waals surface area contributed by atoms with E-state index in [-0.39, 0.29) is 18.4 Å². The first-order valence-electron chi connectivity index (χ1n) is 7.07. The van der Waals surface area contributed by atoms with Crippen LogP contribution in [0.2, 0.25) is 10.2 Å². The summed E-state index contributed by atoms with van der Waals surface area (Å²) < 4.78 is 1.66. The molecule has 0 saturated heterocycles. The smallest absolute Gasteiger partial charge is 0.245 e. The van der Waals surface area contributed by atoms with Gasteiger partial charge in [0.25, 0.3) is 0 Å². The Morgan fingerprint density at radius 3 is 2.55 bits per heavy atom. The van der Waals surface area contributed by atoms with Crippen LogP contribution < -0.4 is 10.6 Å². The molecule has 122 valence electrons. The number of hydrogen-bond donors (Lipinski definition) is 3. The Labute approximate surface area is 138 Å². The van der Waals surface area contributed by atoms with E-state index in [9.17, 15) is 14.7 Å². The molecule has 2 amide bonds. The summed E-state index contributed by atoms with van der Waals surface area (Å²) in [6, 6.07) is 0.684. The lowest BCUT2D eigenvalue weighted by Gasteiger charge is -2.21. The summed E-state index contributed by atoms with van der Waals surface area (Å²) in [6.07, 6.45) is 0.684. The van der Waals surface area contributed by atoms with Gasteiger partial charge in [0.2, 0.25) is 11.8 Å². The fraction of sp³-hybridized carbons (Fsp3) is 0.571. The van der Waals surface area contributed by atoms with Crippen LogP contribution in [-0.4, -0.2) is 33.6 Å². The standard InChI is InChI=1S/C14H19Cl2N3O3/c1-7(20)11(18-13(21)8-3-4-8)14(22)17-6-9-5-10(15)12(16)19(9)2/h5,7-8,11,20H,3-4,6H2,1-2H3,(H,17,22)(H,18,21). The van der Waals surface area contributed by atoms with Crippen molar-refractivity contribution in [3.63, 3.8) is 0 Å². The molecule has 6 nitrogen and oxygen atoms in total. The summed E-state index contributed by atoms with van der Waals surface area (Å²) in [4.78, 5) is 23.9. The average Bonchev–Trinajstić information content (AvgIpc) is 3.27. The Morgan fingerprint density at radius 2 is 2.09 bits per heavy atom. The Balaban J connectivity index is 1.95. The zero-order chi connectivity index (χ0) is 16.4. The van der Waals surface area contributed by atoms with Gasteiger partial charge >= 0.3 is 0 Å². The number of nitrogens with one attached hydrogen (secondary N) is 2. The third-order valence-electron chi connectivity index (χ3n) is 3.67. The fourth-order valence-corrected chi connectivity index (χ4v) is 2.48. The number of hydrogen-bond acceptors (Lipinski definition) is 3. The van der Waals surface area contributed by atoms with Gasteiger partial charge in [-0.15, -0.1) is 0 Å². The van der Waals surface area contributed by atoms with Crippen molar-refractivity contribution in [3.05, 3.63) is 21.9 Å². The second-order valence-electron chi connectivity index (χ2n) is 5.55. The fourth-order valence-electron chi connectivity index (χ4n) is 2.07. The summed E-state index contributed by atoms with van der Waals surface area (Å²) in [7, 11) is 1.73. The number of aromatic nitrogens is 1. The van der Waals surface area contributed by atoms with Crippen LogP contribution in [0.4, 0.5) is 0 Å². The van der Waals surface area contributed by atoms with Crippen molar-refractivity contribution in [2.45, 2.75) is 38.5 Å². The molecule has 3 N–H and O–H groups in total. The highest BCUT2D eigenvalue weighted by molar-refractivity contribution is 6.41. The number of aliphatic hydroxyl groups is 1. The van der Waals surface area contributed by atoms with E-state index in [1.54, 1.807) is 17.7 Å². The quantitative estimate of drug-likeness (QED) is 0.723. The largest absolute Gasteiger partial charge is 0.391 e. The SMILES string of the molecule is CC(O)C(NC(=O)C1CC1)C(=O)NCc1cc(Cl)c(Cl)n1C. The summed E-state index contributed by atoms with van der Waals surface area (Å²) in [5, 5.41) is 15.8. The van der Waals surface area contributed by atoms with Crippen molar-refractivity contribution >= 4 is 35.0 Å². The zero-order valence-corrected chi connectivity index (χ0v) is 13.9. The Morgan fingerprint density at radius 1 is 1.45 bits per heavy atom. The van der Waals surface area contributed by atoms with Gasteiger partial charge in [-0.05, 0) is 25.8 Å². The number of carbonyl (C=O) groups excluding carboxylic acids is 2. The molecule has 1 saturated carbocycles. The molecule has 2 rings (SSSR count). The van der Waals surface area contributed by atoms with Gasteiger partial charge in [0.05, 0.1) is 17.7 Å². The summed E-state index contributed by atoms with van der Waals surface area (Å²) in [6.45, 7) is 1.66. The summed E-state index contributed by atoms with van der Waals surface area (Å²) >= 11 is 11.9. The second kappa shape index (κ2) is 6.89. The molecule has 0 aromatic carbocycles. The van der Waals surface area contributed by atoms with Crippen LogP contribution in [0.1, 0.15) is 25.5 Å². The molecule has 2 unspecified atom stereocenters.